The molecule has 2 heterocycles. The fraction of sp³-hybridized carbons (Fsp3) is 0.611. The van der Waals surface area contributed by atoms with E-state index in [1.807, 2.05) is 19.1 Å². The SMILES string of the molecule is C[C@H]1OCCN[C@@H]1C(=O)Nc1cccc(CN2CCCCC2)c1. The maximum atomic E-state index is 12.4. The van der Waals surface area contributed by atoms with Crippen LogP contribution in [-0.2, 0) is 16.1 Å². The van der Waals surface area contributed by atoms with E-state index < -0.39 is 0 Å². The summed E-state index contributed by atoms with van der Waals surface area (Å²) >= 11 is 0. The van der Waals surface area contributed by atoms with Crippen LogP contribution in [0.1, 0.15) is 31.7 Å². The highest BCUT2D eigenvalue weighted by molar-refractivity contribution is 5.95. The predicted molar refractivity (Wildman–Crippen MR) is 91.4 cm³/mol. The lowest BCUT2D eigenvalue weighted by Gasteiger charge is -2.29. The molecule has 1 aromatic carbocycles. The van der Waals surface area contributed by atoms with Crippen molar-refractivity contribution in [1.82, 2.24) is 10.2 Å². The Morgan fingerprint density at radius 3 is 2.96 bits per heavy atom. The molecule has 2 fully saturated rings. The Bertz CT molecular complexity index is 529. The number of ether oxygens (including phenoxy) is 1. The standard InChI is InChI=1S/C18H27N3O2/c1-14-17(19-8-11-23-14)18(22)20-16-7-5-6-15(12-16)13-21-9-3-2-4-10-21/h5-7,12,14,17,19H,2-4,8-11,13H2,1H3,(H,20,22)/t14-,17+/m1/s1. The van der Waals surface area contributed by atoms with Crippen molar-refractivity contribution in [2.45, 2.75) is 44.9 Å². The summed E-state index contributed by atoms with van der Waals surface area (Å²) in [5.74, 6) is -0.0210. The number of rotatable bonds is 4. The summed E-state index contributed by atoms with van der Waals surface area (Å²) in [5, 5.41) is 6.24. The molecular formula is C18H27N3O2. The van der Waals surface area contributed by atoms with Crippen LogP contribution in [-0.4, -0.2) is 49.2 Å². The van der Waals surface area contributed by atoms with E-state index in [0.717, 1.165) is 18.8 Å². The Morgan fingerprint density at radius 1 is 1.35 bits per heavy atom. The predicted octanol–water partition coefficient (Wildman–Crippen LogP) is 1.99. The molecule has 0 spiro atoms. The minimum atomic E-state index is -0.283. The van der Waals surface area contributed by atoms with Gasteiger partial charge in [0, 0.05) is 18.8 Å². The fourth-order valence-corrected chi connectivity index (χ4v) is 3.37. The van der Waals surface area contributed by atoms with Crippen molar-refractivity contribution >= 4 is 11.6 Å². The van der Waals surface area contributed by atoms with E-state index in [0.29, 0.717) is 6.61 Å². The lowest BCUT2D eigenvalue weighted by molar-refractivity contribution is -0.123. The number of carbonyl (C=O) groups excluding carboxylic acids is 1. The van der Waals surface area contributed by atoms with Gasteiger partial charge in [0.2, 0.25) is 5.91 Å². The van der Waals surface area contributed by atoms with Crippen LogP contribution in [0.15, 0.2) is 24.3 Å². The molecule has 2 saturated heterocycles. The highest BCUT2D eigenvalue weighted by Crippen LogP contribution is 2.17. The molecule has 0 radical (unpaired) electrons. The first-order chi connectivity index (χ1) is 11.2. The zero-order chi connectivity index (χ0) is 16.1. The number of likely N-dealkylation sites (tertiary alicyclic amines) is 1. The van der Waals surface area contributed by atoms with Crippen molar-refractivity contribution in [3.05, 3.63) is 29.8 Å². The van der Waals surface area contributed by atoms with Crippen LogP contribution in [0.25, 0.3) is 0 Å². The summed E-state index contributed by atoms with van der Waals surface area (Å²) in [7, 11) is 0. The first-order valence-corrected chi connectivity index (χ1v) is 8.69. The molecule has 0 saturated carbocycles. The van der Waals surface area contributed by atoms with E-state index in [1.165, 1.54) is 37.9 Å². The highest BCUT2D eigenvalue weighted by Gasteiger charge is 2.28. The number of hydrogen-bond acceptors (Lipinski definition) is 4. The Kier molecular flexibility index (Phi) is 5.65. The third-order valence-electron chi connectivity index (χ3n) is 4.65. The minimum absolute atomic E-state index is 0.0210. The molecule has 2 atom stereocenters. The van der Waals surface area contributed by atoms with Crippen LogP contribution < -0.4 is 10.6 Å². The second-order valence-corrected chi connectivity index (χ2v) is 6.53. The molecule has 0 aliphatic carbocycles. The number of carbonyl (C=O) groups is 1. The number of nitrogens with zero attached hydrogens (tertiary/aromatic N) is 1. The topological polar surface area (TPSA) is 53.6 Å². The number of hydrogen-bond donors (Lipinski definition) is 2. The van der Waals surface area contributed by atoms with Gasteiger partial charge in [-0.15, -0.1) is 0 Å². The average molecular weight is 317 g/mol. The molecule has 1 amide bonds. The number of morpholine rings is 1. The summed E-state index contributed by atoms with van der Waals surface area (Å²) in [6, 6.07) is 7.90. The first-order valence-electron chi connectivity index (χ1n) is 8.69. The summed E-state index contributed by atoms with van der Waals surface area (Å²) in [4.78, 5) is 14.9. The third-order valence-corrected chi connectivity index (χ3v) is 4.65. The van der Waals surface area contributed by atoms with Crippen molar-refractivity contribution < 1.29 is 9.53 Å². The summed E-state index contributed by atoms with van der Waals surface area (Å²) < 4.78 is 5.54. The maximum Gasteiger partial charge on any atom is 0.244 e. The van der Waals surface area contributed by atoms with Gasteiger partial charge < -0.3 is 15.4 Å². The Hall–Kier alpha value is -1.43. The van der Waals surface area contributed by atoms with Gasteiger partial charge in [-0.1, -0.05) is 18.6 Å². The molecule has 23 heavy (non-hydrogen) atoms. The van der Waals surface area contributed by atoms with E-state index in [9.17, 15) is 4.79 Å². The average Bonchev–Trinajstić information content (AvgIpc) is 2.56. The van der Waals surface area contributed by atoms with Crippen LogP contribution in [0, 0.1) is 0 Å². The largest absolute Gasteiger partial charge is 0.375 e. The van der Waals surface area contributed by atoms with E-state index >= 15 is 0 Å². The molecule has 5 heteroatoms. The van der Waals surface area contributed by atoms with Crippen LogP contribution in [0.4, 0.5) is 5.69 Å². The van der Waals surface area contributed by atoms with Crippen molar-refractivity contribution in [2.75, 3.05) is 31.6 Å². The monoisotopic (exact) mass is 317 g/mol. The quantitative estimate of drug-likeness (QED) is 0.892. The Balaban J connectivity index is 1.59. The van der Waals surface area contributed by atoms with Crippen molar-refractivity contribution in [1.29, 1.82) is 0 Å². The molecule has 126 valence electrons. The summed E-state index contributed by atoms with van der Waals surface area (Å²) in [5.41, 5.74) is 2.12. The zero-order valence-electron chi connectivity index (χ0n) is 13.9. The smallest absolute Gasteiger partial charge is 0.244 e. The maximum absolute atomic E-state index is 12.4. The molecule has 3 rings (SSSR count). The minimum Gasteiger partial charge on any atom is -0.375 e. The molecule has 1 aromatic rings. The number of anilines is 1. The number of amides is 1. The van der Waals surface area contributed by atoms with Gasteiger partial charge in [0.1, 0.15) is 6.04 Å². The Morgan fingerprint density at radius 2 is 2.17 bits per heavy atom. The molecule has 0 aromatic heterocycles. The molecule has 2 aliphatic rings. The summed E-state index contributed by atoms with van der Waals surface area (Å²) in [6.07, 6.45) is 3.84. The second kappa shape index (κ2) is 7.90. The lowest BCUT2D eigenvalue weighted by Crippen LogP contribution is -2.53. The van der Waals surface area contributed by atoms with Gasteiger partial charge in [-0.25, -0.2) is 0 Å². The molecule has 2 aliphatic heterocycles. The zero-order valence-corrected chi connectivity index (χ0v) is 13.9. The highest BCUT2D eigenvalue weighted by atomic mass is 16.5. The van der Waals surface area contributed by atoms with Crippen LogP contribution in [0.3, 0.4) is 0 Å². The van der Waals surface area contributed by atoms with Gasteiger partial charge >= 0.3 is 0 Å². The van der Waals surface area contributed by atoms with E-state index in [1.54, 1.807) is 0 Å². The second-order valence-electron chi connectivity index (χ2n) is 6.53. The lowest BCUT2D eigenvalue weighted by atomic mass is 10.1. The molecule has 5 nitrogen and oxygen atoms in total. The normalized spacial score (nSPS) is 26.0. The van der Waals surface area contributed by atoms with Crippen LogP contribution in [0.2, 0.25) is 0 Å². The van der Waals surface area contributed by atoms with Crippen molar-refractivity contribution in [3.8, 4) is 0 Å². The van der Waals surface area contributed by atoms with E-state index in [4.69, 9.17) is 4.74 Å². The number of nitrogens with one attached hydrogen (secondary N) is 2. The van der Waals surface area contributed by atoms with E-state index in [2.05, 4.69) is 27.7 Å². The number of benzene rings is 1. The van der Waals surface area contributed by atoms with Crippen molar-refractivity contribution in [2.24, 2.45) is 0 Å². The van der Waals surface area contributed by atoms with Crippen LogP contribution in [0.5, 0.6) is 0 Å². The van der Waals surface area contributed by atoms with E-state index in [-0.39, 0.29) is 18.1 Å². The van der Waals surface area contributed by atoms with Gasteiger partial charge in [0.05, 0.1) is 12.7 Å². The van der Waals surface area contributed by atoms with Gasteiger partial charge in [-0.05, 0) is 50.6 Å². The molecular weight excluding hydrogens is 290 g/mol. The molecule has 2 N–H and O–H groups in total. The van der Waals surface area contributed by atoms with Crippen molar-refractivity contribution in [3.63, 3.8) is 0 Å². The fourth-order valence-electron chi connectivity index (χ4n) is 3.37. The third kappa shape index (κ3) is 4.53. The summed E-state index contributed by atoms with van der Waals surface area (Å²) in [6.45, 7) is 6.64. The van der Waals surface area contributed by atoms with Crippen LogP contribution >= 0.6 is 0 Å². The Labute approximate surface area is 138 Å². The molecule has 0 unspecified atom stereocenters. The first kappa shape index (κ1) is 16.4. The number of piperidine rings is 1. The van der Waals surface area contributed by atoms with Gasteiger partial charge in [-0.3, -0.25) is 9.69 Å². The molecule has 0 bridgehead atoms. The van der Waals surface area contributed by atoms with Gasteiger partial charge in [-0.2, -0.15) is 0 Å². The van der Waals surface area contributed by atoms with Gasteiger partial charge in [0.25, 0.3) is 0 Å². The van der Waals surface area contributed by atoms with Gasteiger partial charge in [0.15, 0.2) is 0 Å².